The van der Waals surface area contributed by atoms with Gasteiger partial charge in [-0.05, 0) is 29.8 Å². The van der Waals surface area contributed by atoms with Crippen LogP contribution in [0.5, 0.6) is 5.75 Å². The van der Waals surface area contributed by atoms with Crippen molar-refractivity contribution in [2.45, 2.75) is 6.42 Å². The Kier molecular flexibility index (Phi) is 4.28. The van der Waals surface area contributed by atoms with Crippen molar-refractivity contribution < 1.29 is 18.3 Å². The Labute approximate surface area is 172 Å². The Hall–Kier alpha value is -3.66. The van der Waals surface area contributed by atoms with Gasteiger partial charge in [0, 0.05) is 24.2 Å². The van der Waals surface area contributed by atoms with Gasteiger partial charge in [-0.2, -0.15) is 15.4 Å². The van der Waals surface area contributed by atoms with Crippen molar-refractivity contribution in [3.05, 3.63) is 59.3 Å². The van der Waals surface area contributed by atoms with Crippen LogP contribution in [0, 0.1) is 11.6 Å². The third-order valence-electron chi connectivity index (χ3n) is 4.76. The molecule has 0 spiro atoms. The van der Waals surface area contributed by atoms with E-state index in [1.54, 1.807) is 6.07 Å². The third kappa shape index (κ3) is 3.01. The van der Waals surface area contributed by atoms with Crippen molar-refractivity contribution >= 4 is 17.2 Å². The fourth-order valence-electron chi connectivity index (χ4n) is 3.33. The minimum Gasteiger partial charge on any atom is -0.491 e. The molecule has 5 rings (SSSR count). The maximum Gasteiger partial charge on any atom is 0.250 e. The largest absolute Gasteiger partial charge is 0.491 e. The van der Waals surface area contributed by atoms with Crippen LogP contribution in [0.15, 0.2) is 36.5 Å². The molecule has 0 saturated heterocycles. The first-order valence-corrected chi connectivity index (χ1v) is 9.75. The van der Waals surface area contributed by atoms with Gasteiger partial charge in [0.25, 0.3) is 0 Å². The normalized spacial score (nSPS) is 12.6. The number of nitrogens with zero attached hydrogens (tertiary/aromatic N) is 3. The average Bonchev–Trinajstić information content (AvgIpc) is 3.32. The fraction of sp³-hybridized carbons (Fsp3) is 0.100. The molecule has 30 heavy (non-hydrogen) atoms. The summed E-state index contributed by atoms with van der Waals surface area (Å²) in [7, 11) is 0. The van der Waals surface area contributed by atoms with E-state index in [0.29, 0.717) is 30.2 Å². The average molecular weight is 425 g/mol. The summed E-state index contributed by atoms with van der Waals surface area (Å²) in [6.45, 7) is 0.401. The quantitative estimate of drug-likeness (QED) is 0.522. The number of ether oxygens (including phenoxy) is 1. The smallest absolute Gasteiger partial charge is 0.250 e. The van der Waals surface area contributed by atoms with Gasteiger partial charge in [-0.3, -0.25) is 9.78 Å². The summed E-state index contributed by atoms with van der Waals surface area (Å²) in [6.07, 6.45) is 2.03. The van der Waals surface area contributed by atoms with E-state index in [9.17, 15) is 13.6 Å². The number of nitrogens with two attached hydrogens (primary N) is 1. The lowest BCUT2D eigenvalue weighted by Crippen LogP contribution is -2.11. The lowest BCUT2D eigenvalue weighted by atomic mass is 10.1. The summed E-state index contributed by atoms with van der Waals surface area (Å²) in [5.74, 6) is -1.49. The summed E-state index contributed by atoms with van der Waals surface area (Å²) in [5, 5.41) is 10.8. The van der Waals surface area contributed by atoms with Gasteiger partial charge in [-0.1, -0.05) is 0 Å². The summed E-state index contributed by atoms with van der Waals surface area (Å²) in [5.41, 5.74) is 8.08. The van der Waals surface area contributed by atoms with Gasteiger partial charge in [-0.15, -0.1) is 11.3 Å². The Morgan fingerprint density at radius 2 is 1.97 bits per heavy atom. The highest BCUT2D eigenvalue weighted by Gasteiger charge is 2.24. The van der Waals surface area contributed by atoms with E-state index in [2.05, 4.69) is 20.4 Å². The molecule has 0 radical (unpaired) electrons. The van der Waals surface area contributed by atoms with E-state index < -0.39 is 17.5 Å². The first-order chi connectivity index (χ1) is 14.5. The highest BCUT2D eigenvalue weighted by atomic mass is 32.1. The van der Waals surface area contributed by atoms with Crippen LogP contribution < -0.4 is 10.5 Å². The second-order valence-electron chi connectivity index (χ2n) is 6.64. The zero-order chi connectivity index (χ0) is 20.8. The van der Waals surface area contributed by atoms with Crippen molar-refractivity contribution in [1.82, 2.24) is 20.4 Å². The Morgan fingerprint density at radius 3 is 2.77 bits per heavy atom. The first-order valence-electron chi connectivity index (χ1n) is 8.93. The molecule has 3 aromatic heterocycles. The van der Waals surface area contributed by atoms with E-state index in [0.717, 1.165) is 21.4 Å². The number of carbonyl (C=O) groups is 1. The number of carbonyl (C=O) groups excluding carboxylic acids is 1. The van der Waals surface area contributed by atoms with Crippen molar-refractivity contribution in [2.75, 3.05) is 6.61 Å². The molecule has 0 atom stereocenters. The number of nitrogens with one attached hydrogen (secondary N) is 1. The van der Waals surface area contributed by atoms with Crippen molar-refractivity contribution in [3.8, 4) is 38.1 Å². The number of aromatic nitrogens is 4. The molecule has 0 aliphatic carbocycles. The second-order valence-corrected chi connectivity index (χ2v) is 7.70. The number of amides is 1. The van der Waals surface area contributed by atoms with Crippen LogP contribution in [0.1, 0.15) is 15.9 Å². The maximum atomic E-state index is 14.3. The number of H-pyrrole nitrogens is 1. The van der Waals surface area contributed by atoms with Crippen LogP contribution in [0.25, 0.3) is 32.4 Å². The van der Waals surface area contributed by atoms with Crippen LogP contribution in [-0.4, -0.2) is 32.9 Å². The predicted molar refractivity (Wildman–Crippen MR) is 106 cm³/mol. The lowest BCUT2D eigenvalue weighted by molar-refractivity contribution is 0.0999. The van der Waals surface area contributed by atoms with Gasteiger partial charge in [0.05, 0.1) is 21.9 Å². The van der Waals surface area contributed by atoms with Crippen LogP contribution in [-0.2, 0) is 6.42 Å². The zero-order valence-corrected chi connectivity index (χ0v) is 16.1. The molecular formula is C20H13F2N5O2S. The van der Waals surface area contributed by atoms with Crippen LogP contribution in [0.2, 0.25) is 0 Å². The van der Waals surface area contributed by atoms with Gasteiger partial charge in [-0.25, -0.2) is 8.78 Å². The molecule has 1 aromatic carbocycles. The zero-order valence-electron chi connectivity index (χ0n) is 15.3. The standard InChI is InChI=1S/C20H13F2N5O2S/c21-11-1-2-12(13(22)7-11)16-18(26-27-25-16)15-6-9-3-4-29-14-5-10(20(23)28)8-24-17(14)19(9)30-15/h1-2,5-8H,3-4H2,(H2,23,28)(H,25,26,27). The summed E-state index contributed by atoms with van der Waals surface area (Å²) < 4.78 is 33.4. The van der Waals surface area contributed by atoms with Crippen molar-refractivity contribution in [3.63, 3.8) is 0 Å². The monoisotopic (exact) mass is 425 g/mol. The number of primary amides is 1. The fourth-order valence-corrected chi connectivity index (χ4v) is 4.54. The van der Waals surface area contributed by atoms with E-state index in [1.807, 2.05) is 6.07 Å². The Bertz CT molecular complexity index is 1300. The van der Waals surface area contributed by atoms with Gasteiger partial charge < -0.3 is 10.5 Å². The van der Waals surface area contributed by atoms with E-state index in [4.69, 9.17) is 10.5 Å². The second kappa shape index (κ2) is 6.99. The number of pyridine rings is 1. The molecule has 1 aliphatic heterocycles. The van der Waals surface area contributed by atoms with E-state index >= 15 is 0 Å². The number of thiophene rings is 1. The Morgan fingerprint density at radius 1 is 1.13 bits per heavy atom. The number of hydrogen-bond acceptors (Lipinski definition) is 6. The molecule has 10 heteroatoms. The van der Waals surface area contributed by atoms with Crippen LogP contribution >= 0.6 is 11.3 Å². The summed E-state index contributed by atoms with van der Waals surface area (Å²) >= 11 is 1.40. The molecular weight excluding hydrogens is 412 g/mol. The van der Waals surface area contributed by atoms with E-state index in [-0.39, 0.29) is 16.8 Å². The molecule has 0 bridgehead atoms. The number of aromatic amines is 1. The molecule has 4 aromatic rings. The Balaban J connectivity index is 1.62. The first kappa shape index (κ1) is 18.4. The third-order valence-corrected chi connectivity index (χ3v) is 5.95. The molecule has 150 valence electrons. The predicted octanol–water partition coefficient (Wildman–Crippen LogP) is 3.57. The molecule has 0 saturated carbocycles. The van der Waals surface area contributed by atoms with Crippen LogP contribution in [0.3, 0.4) is 0 Å². The summed E-state index contributed by atoms with van der Waals surface area (Å²) in [4.78, 5) is 17.4. The number of hydrogen-bond donors (Lipinski definition) is 2. The number of halogens is 2. The van der Waals surface area contributed by atoms with Gasteiger partial charge in [0.15, 0.2) is 0 Å². The van der Waals surface area contributed by atoms with Crippen molar-refractivity contribution in [1.29, 1.82) is 0 Å². The van der Waals surface area contributed by atoms with Gasteiger partial charge >= 0.3 is 0 Å². The molecule has 4 heterocycles. The molecule has 7 nitrogen and oxygen atoms in total. The molecule has 1 amide bonds. The van der Waals surface area contributed by atoms with Crippen molar-refractivity contribution in [2.24, 2.45) is 5.73 Å². The maximum absolute atomic E-state index is 14.3. The topological polar surface area (TPSA) is 107 Å². The number of rotatable bonds is 3. The SMILES string of the molecule is NC(=O)c1cnc2c(c1)OCCc1cc(-c3n[nH]nc3-c3ccc(F)cc3F)sc1-2. The van der Waals surface area contributed by atoms with Crippen LogP contribution in [0.4, 0.5) is 8.78 Å². The highest BCUT2D eigenvalue weighted by molar-refractivity contribution is 7.19. The molecule has 0 fully saturated rings. The lowest BCUT2D eigenvalue weighted by Gasteiger charge is -2.07. The van der Waals surface area contributed by atoms with Gasteiger partial charge in [0.2, 0.25) is 5.91 Å². The molecule has 3 N–H and O–H groups in total. The number of fused-ring (bicyclic) bond motifs is 3. The number of benzene rings is 1. The highest BCUT2D eigenvalue weighted by Crippen LogP contribution is 2.44. The summed E-state index contributed by atoms with van der Waals surface area (Å²) in [6, 6.07) is 6.83. The minimum absolute atomic E-state index is 0.150. The molecule has 0 unspecified atom stereocenters. The van der Waals surface area contributed by atoms with E-state index in [1.165, 1.54) is 29.7 Å². The van der Waals surface area contributed by atoms with Gasteiger partial charge in [0.1, 0.15) is 34.5 Å². The molecule has 1 aliphatic rings. The minimum atomic E-state index is -0.720.